The summed E-state index contributed by atoms with van der Waals surface area (Å²) in [5.74, 6) is 0.472. The van der Waals surface area contributed by atoms with Crippen LogP contribution in [-0.4, -0.2) is 24.1 Å². The van der Waals surface area contributed by atoms with E-state index < -0.39 is 0 Å². The molecule has 0 aliphatic carbocycles. The lowest BCUT2D eigenvalue weighted by Gasteiger charge is -2.11. The molecular formula is C45H27F2N5. The molecule has 0 bridgehead atoms. The van der Waals surface area contributed by atoms with Crippen LogP contribution in [0.1, 0.15) is 0 Å². The molecule has 0 aliphatic rings. The molecule has 52 heavy (non-hydrogen) atoms. The highest BCUT2D eigenvalue weighted by molar-refractivity contribution is 6.12. The SMILES string of the molecule is Fc1ccc(-c2nc(-c3ccc(F)cc3)nc(-n3c4ccccc4c4cc(-c5ccc6c(c5)c5ccccc5n6-c5ccccc5)ccc43)n2)cc1. The first-order valence-electron chi connectivity index (χ1n) is 17.0. The van der Waals surface area contributed by atoms with E-state index in [0.717, 1.165) is 49.7 Å². The molecule has 10 aromatic rings. The number of halogens is 2. The van der Waals surface area contributed by atoms with Gasteiger partial charge in [0.15, 0.2) is 11.6 Å². The van der Waals surface area contributed by atoms with Crippen LogP contribution in [0, 0.1) is 11.6 Å². The van der Waals surface area contributed by atoms with E-state index in [1.807, 2.05) is 22.8 Å². The van der Waals surface area contributed by atoms with Gasteiger partial charge < -0.3 is 4.57 Å². The molecule has 0 unspecified atom stereocenters. The zero-order chi connectivity index (χ0) is 34.8. The molecule has 0 radical (unpaired) electrons. The van der Waals surface area contributed by atoms with Crippen LogP contribution >= 0.6 is 0 Å². The van der Waals surface area contributed by atoms with Crippen molar-refractivity contribution < 1.29 is 8.78 Å². The molecule has 3 aromatic heterocycles. The number of nitrogens with zero attached hydrogens (tertiary/aromatic N) is 5. The van der Waals surface area contributed by atoms with Crippen molar-refractivity contribution in [2.75, 3.05) is 0 Å². The summed E-state index contributed by atoms with van der Waals surface area (Å²) in [4.78, 5) is 14.6. The van der Waals surface area contributed by atoms with E-state index in [9.17, 15) is 8.78 Å². The average molecular weight is 676 g/mol. The van der Waals surface area contributed by atoms with Gasteiger partial charge in [0, 0.05) is 38.4 Å². The Morgan fingerprint density at radius 1 is 0.346 bits per heavy atom. The molecule has 0 N–H and O–H groups in total. The first kappa shape index (κ1) is 29.9. The lowest BCUT2D eigenvalue weighted by Crippen LogP contribution is -2.06. The number of aromatic nitrogens is 5. The number of benzene rings is 7. The summed E-state index contributed by atoms with van der Waals surface area (Å²) in [6.07, 6.45) is 0. The first-order chi connectivity index (χ1) is 25.6. The van der Waals surface area contributed by atoms with Gasteiger partial charge in [-0.15, -0.1) is 0 Å². The maximum absolute atomic E-state index is 13.9. The molecule has 0 fully saturated rings. The van der Waals surface area contributed by atoms with E-state index in [2.05, 4.69) is 102 Å². The Morgan fingerprint density at radius 3 is 1.31 bits per heavy atom. The van der Waals surface area contributed by atoms with Crippen LogP contribution in [0.3, 0.4) is 0 Å². The average Bonchev–Trinajstić information content (AvgIpc) is 3.71. The van der Waals surface area contributed by atoms with Crippen molar-refractivity contribution in [1.29, 1.82) is 0 Å². The Kier molecular flexibility index (Phi) is 6.79. The third kappa shape index (κ3) is 4.86. The molecule has 0 spiro atoms. The predicted molar refractivity (Wildman–Crippen MR) is 205 cm³/mol. The zero-order valence-corrected chi connectivity index (χ0v) is 27.6. The minimum absolute atomic E-state index is 0.351. The second kappa shape index (κ2) is 11.8. The Hall–Kier alpha value is -6.99. The van der Waals surface area contributed by atoms with Gasteiger partial charge in [0.05, 0.1) is 22.1 Å². The van der Waals surface area contributed by atoms with Crippen LogP contribution in [0.2, 0.25) is 0 Å². The molecule has 0 saturated carbocycles. The minimum atomic E-state index is -0.351. The summed E-state index contributed by atoms with van der Waals surface area (Å²) < 4.78 is 32.2. The monoisotopic (exact) mass is 675 g/mol. The van der Waals surface area contributed by atoms with Gasteiger partial charge >= 0.3 is 0 Å². The highest BCUT2D eigenvalue weighted by Crippen LogP contribution is 2.38. The van der Waals surface area contributed by atoms with Gasteiger partial charge in [0.1, 0.15) is 11.6 Å². The van der Waals surface area contributed by atoms with E-state index in [-0.39, 0.29) is 11.6 Å². The molecule has 3 heterocycles. The van der Waals surface area contributed by atoms with E-state index in [4.69, 9.17) is 15.0 Å². The van der Waals surface area contributed by atoms with E-state index in [0.29, 0.717) is 28.7 Å². The van der Waals surface area contributed by atoms with Crippen molar-refractivity contribution in [3.8, 4) is 45.5 Å². The first-order valence-corrected chi connectivity index (χ1v) is 17.0. The van der Waals surface area contributed by atoms with Gasteiger partial charge in [-0.05, 0) is 108 Å². The Bertz CT molecular complexity index is 2900. The van der Waals surface area contributed by atoms with Crippen molar-refractivity contribution in [2.24, 2.45) is 0 Å². The van der Waals surface area contributed by atoms with Gasteiger partial charge in [-0.1, -0.05) is 66.7 Å². The van der Waals surface area contributed by atoms with E-state index in [1.54, 1.807) is 24.3 Å². The van der Waals surface area contributed by atoms with Crippen molar-refractivity contribution in [3.63, 3.8) is 0 Å². The smallest absolute Gasteiger partial charge is 0.238 e. The zero-order valence-electron chi connectivity index (χ0n) is 27.6. The minimum Gasteiger partial charge on any atom is -0.309 e. The molecule has 0 aliphatic heterocycles. The van der Waals surface area contributed by atoms with Crippen LogP contribution in [0.5, 0.6) is 0 Å². The molecule has 246 valence electrons. The number of hydrogen-bond donors (Lipinski definition) is 0. The highest BCUT2D eigenvalue weighted by atomic mass is 19.1. The fourth-order valence-electron chi connectivity index (χ4n) is 7.30. The van der Waals surface area contributed by atoms with Crippen molar-refractivity contribution >= 4 is 43.6 Å². The Morgan fingerprint density at radius 2 is 0.769 bits per heavy atom. The maximum atomic E-state index is 13.9. The van der Waals surface area contributed by atoms with Crippen LogP contribution < -0.4 is 0 Å². The lowest BCUT2D eigenvalue weighted by molar-refractivity contribution is 0.627. The molecule has 0 saturated heterocycles. The number of hydrogen-bond acceptors (Lipinski definition) is 3. The highest BCUT2D eigenvalue weighted by Gasteiger charge is 2.19. The molecule has 7 heteroatoms. The summed E-state index contributed by atoms with van der Waals surface area (Å²) in [5.41, 5.74) is 8.77. The fourth-order valence-corrected chi connectivity index (χ4v) is 7.30. The van der Waals surface area contributed by atoms with Crippen molar-refractivity contribution in [2.45, 2.75) is 0 Å². The van der Waals surface area contributed by atoms with Crippen molar-refractivity contribution in [1.82, 2.24) is 24.1 Å². The summed E-state index contributed by atoms with van der Waals surface area (Å²) in [5, 5.41) is 4.48. The Balaban J connectivity index is 1.17. The largest absolute Gasteiger partial charge is 0.309 e. The number of rotatable bonds is 5. The van der Waals surface area contributed by atoms with Crippen LogP contribution in [-0.2, 0) is 0 Å². The van der Waals surface area contributed by atoms with Gasteiger partial charge in [0.2, 0.25) is 5.95 Å². The predicted octanol–water partition coefficient (Wildman–Crippen LogP) is 11.3. The number of para-hydroxylation sites is 3. The summed E-state index contributed by atoms with van der Waals surface area (Å²) >= 11 is 0. The normalized spacial score (nSPS) is 11.7. The number of fused-ring (bicyclic) bond motifs is 6. The third-order valence-corrected chi connectivity index (χ3v) is 9.72. The summed E-state index contributed by atoms with van der Waals surface area (Å²) in [6.45, 7) is 0. The molecule has 5 nitrogen and oxygen atoms in total. The lowest BCUT2D eigenvalue weighted by atomic mass is 10.0. The summed E-state index contributed by atoms with van der Waals surface area (Å²) in [6, 6.07) is 52.5. The molecule has 10 rings (SSSR count). The van der Waals surface area contributed by atoms with Crippen LogP contribution in [0.4, 0.5) is 8.78 Å². The molecule has 0 atom stereocenters. The van der Waals surface area contributed by atoms with Gasteiger partial charge in [0.25, 0.3) is 0 Å². The van der Waals surface area contributed by atoms with E-state index in [1.165, 1.54) is 35.0 Å². The van der Waals surface area contributed by atoms with Gasteiger partial charge in [-0.3, -0.25) is 4.57 Å². The standard InChI is InChI=1S/C45H27F2N5/c46-32-20-14-28(15-21-32)43-48-44(29-16-22-33(47)23-17-29)50-45(49-43)52-40-13-7-5-11-36(40)38-27-31(19-25-42(38)52)30-18-24-41-37(26-30)35-10-4-6-12-39(35)51(41)34-8-2-1-3-9-34/h1-27H. The molecule has 0 amide bonds. The quantitative estimate of drug-likeness (QED) is 0.182. The molecular weight excluding hydrogens is 649 g/mol. The fraction of sp³-hybridized carbons (Fsp3) is 0. The van der Waals surface area contributed by atoms with Crippen molar-refractivity contribution in [3.05, 3.63) is 175 Å². The van der Waals surface area contributed by atoms with Gasteiger partial charge in [-0.2, -0.15) is 9.97 Å². The second-order valence-corrected chi connectivity index (χ2v) is 12.8. The van der Waals surface area contributed by atoms with Crippen LogP contribution in [0.25, 0.3) is 89.2 Å². The van der Waals surface area contributed by atoms with E-state index >= 15 is 0 Å². The third-order valence-electron chi connectivity index (χ3n) is 9.72. The topological polar surface area (TPSA) is 48.5 Å². The second-order valence-electron chi connectivity index (χ2n) is 12.8. The van der Waals surface area contributed by atoms with Crippen LogP contribution in [0.15, 0.2) is 164 Å². The van der Waals surface area contributed by atoms with Gasteiger partial charge in [-0.25, -0.2) is 13.8 Å². The Labute approximate surface area is 296 Å². The summed E-state index contributed by atoms with van der Waals surface area (Å²) in [7, 11) is 0. The molecule has 7 aromatic carbocycles. The maximum Gasteiger partial charge on any atom is 0.238 e.